The Morgan fingerprint density at radius 2 is 2.16 bits per heavy atom. The molecule has 0 aliphatic carbocycles. The summed E-state index contributed by atoms with van der Waals surface area (Å²) in [5, 5.41) is 5.79. The standard InChI is InChI=1S/C18H24N4O3/c1-24-17-14(6-4-8-19-17)12-20-18(23)21-13-15(16-7-5-11-25-16)22-9-2-3-10-22/h4-8,11,15H,2-3,9-10,12-13H2,1H3,(H2,20,21,23)/t15-/m1/s1. The Morgan fingerprint density at radius 3 is 2.88 bits per heavy atom. The zero-order valence-corrected chi connectivity index (χ0v) is 14.4. The summed E-state index contributed by atoms with van der Waals surface area (Å²) < 4.78 is 10.8. The lowest BCUT2D eigenvalue weighted by atomic mass is 10.2. The molecule has 0 spiro atoms. The van der Waals surface area contributed by atoms with Gasteiger partial charge < -0.3 is 19.8 Å². The van der Waals surface area contributed by atoms with Gasteiger partial charge in [-0.05, 0) is 44.1 Å². The summed E-state index contributed by atoms with van der Waals surface area (Å²) in [5.41, 5.74) is 0.835. The van der Waals surface area contributed by atoms with Gasteiger partial charge in [-0.15, -0.1) is 0 Å². The summed E-state index contributed by atoms with van der Waals surface area (Å²) >= 11 is 0. The summed E-state index contributed by atoms with van der Waals surface area (Å²) in [6.45, 7) is 2.92. The number of hydrogen-bond acceptors (Lipinski definition) is 5. The molecule has 2 amide bonds. The summed E-state index contributed by atoms with van der Waals surface area (Å²) in [7, 11) is 1.57. The van der Waals surface area contributed by atoms with E-state index in [2.05, 4.69) is 20.5 Å². The van der Waals surface area contributed by atoms with Gasteiger partial charge in [-0.25, -0.2) is 9.78 Å². The maximum Gasteiger partial charge on any atom is 0.315 e. The second kappa shape index (κ2) is 8.53. The van der Waals surface area contributed by atoms with Gasteiger partial charge in [-0.1, -0.05) is 6.07 Å². The fourth-order valence-corrected chi connectivity index (χ4v) is 3.11. The molecular weight excluding hydrogens is 320 g/mol. The fraction of sp³-hybridized carbons (Fsp3) is 0.444. The number of carbonyl (C=O) groups is 1. The Bertz CT molecular complexity index is 669. The van der Waals surface area contributed by atoms with Gasteiger partial charge in [0.1, 0.15) is 5.76 Å². The van der Waals surface area contributed by atoms with E-state index in [0.29, 0.717) is 19.0 Å². The topological polar surface area (TPSA) is 79.6 Å². The summed E-state index contributed by atoms with van der Waals surface area (Å²) in [6.07, 6.45) is 5.70. The molecule has 25 heavy (non-hydrogen) atoms. The number of rotatable bonds is 7. The lowest BCUT2D eigenvalue weighted by molar-refractivity contribution is 0.203. The van der Waals surface area contributed by atoms with Crippen LogP contribution in [0, 0.1) is 0 Å². The molecule has 1 fully saturated rings. The van der Waals surface area contributed by atoms with Gasteiger partial charge in [0, 0.05) is 24.8 Å². The van der Waals surface area contributed by atoms with Crippen LogP contribution in [0.5, 0.6) is 5.88 Å². The molecule has 7 nitrogen and oxygen atoms in total. The van der Waals surface area contributed by atoms with Crippen LogP contribution >= 0.6 is 0 Å². The highest BCUT2D eigenvalue weighted by atomic mass is 16.5. The van der Waals surface area contributed by atoms with Gasteiger partial charge in [0.25, 0.3) is 0 Å². The van der Waals surface area contributed by atoms with Crippen LogP contribution in [0.25, 0.3) is 0 Å². The zero-order chi connectivity index (χ0) is 17.5. The first-order valence-corrected chi connectivity index (χ1v) is 8.55. The van der Waals surface area contributed by atoms with E-state index in [9.17, 15) is 4.79 Å². The molecule has 1 aliphatic heterocycles. The van der Waals surface area contributed by atoms with E-state index in [4.69, 9.17) is 9.15 Å². The predicted molar refractivity (Wildman–Crippen MR) is 93.3 cm³/mol. The van der Waals surface area contributed by atoms with Crippen molar-refractivity contribution in [3.8, 4) is 5.88 Å². The molecule has 2 aromatic rings. The van der Waals surface area contributed by atoms with Crippen molar-refractivity contribution in [1.29, 1.82) is 0 Å². The molecule has 0 aromatic carbocycles. The molecule has 1 aliphatic rings. The molecule has 0 saturated carbocycles. The summed E-state index contributed by atoms with van der Waals surface area (Å²) in [5.74, 6) is 1.41. The largest absolute Gasteiger partial charge is 0.481 e. The number of ether oxygens (including phenoxy) is 1. The number of nitrogens with one attached hydrogen (secondary N) is 2. The van der Waals surface area contributed by atoms with Crippen LogP contribution in [0.15, 0.2) is 41.1 Å². The van der Waals surface area contributed by atoms with E-state index in [-0.39, 0.29) is 12.1 Å². The minimum Gasteiger partial charge on any atom is -0.481 e. The highest BCUT2D eigenvalue weighted by Gasteiger charge is 2.25. The Hall–Kier alpha value is -2.54. The first-order valence-electron chi connectivity index (χ1n) is 8.55. The number of likely N-dealkylation sites (tertiary alicyclic amines) is 1. The van der Waals surface area contributed by atoms with Gasteiger partial charge in [0.05, 0.1) is 19.4 Å². The van der Waals surface area contributed by atoms with Crippen LogP contribution < -0.4 is 15.4 Å². The first-order chi connectivity index (χ1) is 12.3. The van der Waals surface area contributed by atoms with Crippen LogP contribution in [-0.4, -0.2) is 42.7 Å². The number of nitrogens with zero attached hydrogens (tertiary/aromatic N) is 2. The van der Waals surface area contributed by atoms with Crippen molar-refractivity contribution in [2.45, 2.75) is 25.4 Å². The van der Waals surface area contributed by atoms with Crippen molar-refractivity contribution in [3.05, 3.63) is 48.0 Å². The Balaban J connectivity index is 1.53. The highest BCUT2D eigenvalue weighted by molar-refractivity contribution is 5.73. The molecular formula is C18H24N4O3. The Labute approximate surface area is 147 Å². The molecule has 134 valence electrons. The van der Waals surface area contributed by atoms with Crippen molar-refractivity contribution in [3.63, 3.8) is 0 Å². The molecule has 2 aromatic heterocycles. The maximum atomic E-state index is 12.2. The van der Waals surface area contributed by atoms with Crippen molar-refractivity contribution in [2.24, 2.45) is 0 Å². The summed E-state index contributed by atoms with van der Waals surface area (Å²) in [4.78, 5) is 18.6. The highest BCUT2D eigenvalue weighted by Crippen LogP contribution is 2.24. The molecule has 1 saturated heterocycles. The SMILES string of the molecule is COc1ncccc1CNC(=O)NC[C@H](c1ccco1)N1CCCC1. The normalized spacial score (nSPS) is 15.7. The third-order valence-corrected chi connectivity index (χ3v) is 4.39. The number of carbonyl (C=O) groups excluding carboxylic acids is 1. The number of urea groups is 1. The van der Waals surface area contributed by atoms with Gasteiger partial charge in [-0.3, -0.25) is 4.90 Å². The number of furan rings is 1. The molecule has 2 N–H and O–H groups in total. The van der Waals surface area contributed by atoms with Crippen molar-refractivity contribution < 1.29 is 13.9 Å². The van der Waals surface area contributed by atoms with Crippen LogP contribution in [0.4, 0.5) is 4.79 Å². The number of aromatic nitrogens is 1. The third-order valence-electron chi connectivity index (χ3n) is 4.39. The average molecular weight is 344 g/mol. The number of hydrogen-bond donors (Lipinski definition) is 2. The van der Waals surface area contributed by atoms with Crippen LogP contribution in [-0.2, 0) is 6.54 Å². The maximum absolute atomic E-state index is 12.2. The second-order valence-corrected chi connectivity index (χ2v) is 6.01. The Kier molecular flexibility index (Phi) is 5.90. The molecule has 0 radical (unpaired) electrons. The first kappa shape index (κ1) is 17.3. The van der Waals surface area contributed by atoms with E-state index < -0.39 is 0 Å². The van der Waals surface area contributed by atoms with Crippen LogP contribution in [0.2, 0.25) is 0 Å². The number of amides is 2. The number of methoxy groups -OCH3 is 1. The third kappa shape index (κ3) is 4.51. The van der Waals surface area contributed by atoms with Gasteiger partial charge in [0.2, 0.25) is 5.88 Å². The minimum atomic E-state index is -0.221. The van der Waals surface area contributed by atoms with Crippen molar-refractivity contribution in [2.75, 3.05) is 26.7 Å². The molecule has 3 heterocycles. The molecule has 0 bridgehead atoms. The predicted octanol–water partition coefficient (Wildman–Crippen LogP) is 2.32. The second-order valence-electron chi connectivity index (χ2n) is 6.01. The van der Waals surface area contributed by atoms with Gasteiger partial charge in [-0.2, -0.15) is 0 Å². The zero-order valence-electron chi connectivity index (χ0n) is 14.4. The fourth-order valence-electron chi connectivity index (χ4n) is 3.11. The minimum absolute atomic E-state index is 0.0659. The lowest BCUT2D eigenvalue weighted by Gasteiger charge is -2.26. The lowest BCUT2D eigenvalue weighted by Crippen LogP contribution is -2.41. The smallest absolute Gasteiger partial charge is 0.315 e. The van der Waals surface area contributed by atoms with Gasteiger partial charge in [0.15, 0.2) is 0 Å². The van der Waals surface area contributed by atoms with Gasteiger partial charge >= 0.3 is 6.03 Å². The van der Waals surface area contributed by atoms with E-state index in [1.807, 2.05) is 24.3 Å². The van der Waals surface area contributed by atoms with E-state index in [1.54, 1.807) is 19.6 Å². The van der Waals surface area contributed by atoms with Crippen molar-refractivity contribution in [1.82, 2.24) is 20.5 Å². The van der Waals surface area contributed by atoms with Crippen LogP contribution in [0.3, 0.4) is 0 Å². The number of pyridine rings is 1. The van der Waals surface area contributed by atoms with E-state index in [0.717, 1.165) is 24.4 Å². The average Bonchev–Trinajstić information content (AvgIpc) is 3.35. The van der Waals surface area contributed by atoms with Crippen LogP contribution in [0.1, 0.15) is 30.2 Å². The van der Waals surface area contributed by atoms with E-state index >= 15 is 0 Å². The summed E-state index contributed by atoms with van der Waals surface area (Å²) in [6, 6.07) is 7.38. The van der Waals surface area contributed by atoms with E-state index in [1.165, 1.54) is 12.8 Å². The molecule has 3 rings (SSSR count). The monoisotopic (exact) mass is 344 g/mol. The molecule has 7 heteroatoms. The quantitative estimate of drug-likeness (QED) is 0.806. The molecule has 0 unspecified atom stereocenters. The Morgan fingerprint density at radius 1 is 1.32 bits per heavy atom. The van der Waals surface area contributed by atoms with Crippen molar-refractivity contribution >= 4 is 6.03 Å². The molecule has 1 atom stereocenters.